The number of hydrogen-bond acceptors (Lipinski definition) is 6. The average Bonchev–Trinajstić information content (AvgIpc) is 2.68. The molecular weight excluding hydrogens is 232 g/mol. The van der Waals surface area contributed by atoms with Crippen LogP contribution in [0, 0.1) is 4.77 Å². The van der Waals surface area contributed by atoms with Crippen molar-refractivity contribution in [1.82, 2.24) is 20.2 Å². The predicted molar refractivity (Wildman–Crippen MR) is 56.4 cm³/mol. The van der Waals surface area contributed by atoms with Gasteiger partial charge in [0.15, 0.2) is 11.5 Å². The van der Waals surface area contributed by atoms with Crippen molar-refractivity contribution in [3.05, 3.63) is 16.9 Å². The number of aromatic amines is 1. The van der Waals surface area contributed by atoms with Gasteiger partial charge >= 0.3 is 0 Å². The number of hydrogen-bond donors (Lipinski definition) is 3. The third-order valence-electron chi connectivity index (χ3n) is 1.99. The van der Waals surface area contributed by atoms with E-state index in [1.54, 1.807) is 0 Å². The maximum absolute atomic E-state index is 9.47. The van der Waals surface area contributed by atoms with Gasteiger partial charge in [-0.3, -0.25) is 0 Å². The van der Waals surface area contributed by atoms with Crippen molar-refractivity contribution < 1.29 is 14.9 Å². The molecule has 0 unspecified atom stereocenters. The molecule has 7 nitrogen and oxygen atoms in total. The molecule has 0 spiro atoms. The minimum atomic E-state index is -0.328. The summed E-state index contributed by atoms with van der Waals surface area (Å²) in [6.07, 6.45) is 0. The summed E-state index contributed by atoms with van der Waals surface area (Å²) in [4.78, 5) is 0. The molecule has 1 aromatic heterocycles. The number of tetrazole rings is 1. The lowest BCUT2D eigenvalue weighted by atomic mass is 10.2. The zero-order chi connectivity index (χ0) is 11.7. The van der Waals surface area contributed by atoms with Gasteiger partial charge in [0.05, 0.1) is 12.8 Å². The van der Waals surface area contributed by atoms with Gasteiger partial charge in [0.2, 0.25) is 10.5 Å². The molecule has 0 aliphatic heterocycles. The molecule has 0 aliphatic rings. The van der Waals surface area contributed by atoms with Crippen molar-refractivity contribution in [2.24, 2.45) is 0 Å². The highest BCUT2D eigenvalue weighted by Gasteiger charge is 2.11. The number of nitrogens with one attached hydrogen (secondary N) is 1. The van der Waals surface area contributed by atoms with E-state index in [-0.39, 0.29) is 22.0 Å². The largest absolute Gasteiger partial charge is 0.504 e. The van der Waals surface area contributed by atoms with Gasteiger partial charge in [-0.05, 0) is 12.2 Å². The zero-order valence-corrected chi connectivity index (χ0v) is 9.02. The lowest BCUT2D eigenvalue weighted by Gasteiger charge is -2.08. The van der Waals surface area contributed by atoms with Gasteiger partial charge in [-0.2, -0.15) is 5.21 Å². The van der Waals surface area contributed by atoms with E-state index >= 15 is 0 Å². The first-order valence-electron chi connectivity index (χ1n) is 4.24. The highest BCUT2D eigenvalue weighted by Crippen LogP contribution is 2.37. The van der Waals surface area contributed by atoms with E-state index in [4.69, 9.17) is 17.0 Å². The molecule has 1 heterocycles. The summed E-state index contributed by atoms with van der Waals surface area (Å²) in [7, 11) is 1.38. The van der Waals surface area contributed by atoms with E-state index < -0.39 is 0 Å². The number of phenolic OH excluding ortho intramolecular Hbond substituents is 2. The fourth-order valence-electron chi connectivity index (χ4n) is 1.23. The molecule has 2 rings (SSSR count). The van der Waals surface area contributed by atoms with Crippen LogP contribution >= 0.6 is 12.2 Å². The van der Waals surface area contributed by atoms with Gasteiger partial charge in [0, 0.05) is 12.1 Å². The van der Waals surface area contributed by atoms with Gasteiger partial charge in [0.1, 0.15) is 0 Å². The van der Waals surface area contributed by atoms with Crippen LogP contribution in [0.15, 0.2) is 12.1 Å². The van der Waals surface area contributed by atoms with Gasteiger partial charge in [-0.1, -0.05) is 10.3 Å². The molecule has 0 saturated carbocycles. The molecule has 1 aromatic carbocycles. The Morgan fingerprint density at radius 2 is 2.19 bits per heavy atom. The second-order valence-corrected chi connectivity index (χ2v) is 3.30. The summed E-state index contributed by atoms with van der Waals surface area (Å²) < 4.78 is 6.45. The van der Waals surface area contributed by atoms with E-state index in [1.807, 2.05) is 0 Å². The highest BCUT2D eigenvalue weighted by atomic mass is 32.1. The molecule has 0 atom stereocenters. The number of H-pyrrole nitrogens is 1. The van der Waals surface area contributed by atoms with Crippen LogP contribution in [0.3, 0.4) is 0 Å². The van der Waals surface area contributed by atoms with Crippen LogP contribution in [0.1, 0.15) is 0 Å². The molecule has 16 heavy (non-hydrogen) atoms. The molecule has 0 bridgehead atoms. The first-order valence-corrected chi connectivity index (χ1v) is 4.64. The number of benzene rings is 1. The molecule has 0 amide bonds. The van der Waals surface area contributed by atoms with Gasteiger partial charge in [-0.15, -0.1) is 0 Å². The Balaban J connectivity index is 2.64. The monoisotopic (exact) mass is 240 g/mol. The van der Waals surface area contributed by atoms with Crippen molar-refractivity contribution in [2.45, 2.75) is 0 Å². The Labute approximate surface area is 94.9 Å². The molecule has 8 heteroatoms. The molecule has 0 aliphatic carbocycles. The van der Waals surface area contributed by atoms with Crippen LogP contribution < -0.4 is 4.74 Å². The second kappa shape index (κ2) is 3.81. The minimum absolute atomic E-state index is 0.131. The fourth-order valence-corrected chi connectivity index (χ4v) is 1.42. The Morgan fingerprint density at radius 1 is 1.44 bits per heavy atom. The van der Waals surface area contributed by atoms with Gasteiger partial charge < -0.3 is 14.9 Å². The van der Waals surface area contributed by atoms with Crippen LogP contribution in [-0.4, -0.2) is 37.5 Å². The average molecular weight is 240 g/mol. The number of ether oxygens (including phenoxy) is 1. The number of aromatic hydroxyl groups is 2. The Bertz CT molecular complexity index is 577. The maximum Gasteiger partial charge on any atom is 0.242 e. The fraction of sp³-hybridized carbons (Fsp3) is 0.125. The topological polar surface area (TPSA) is 96.2 Å². The van der Waals surface area contributed by atoms with Crippen LogP contribution in [0.25, 0.3) is 5.69 Å². The maximum atomic E-state index is 9.47. The number of aromatic nitrogens is 4. The summed E-state index contributed by atoms with van der Waals surface area (Å²) in [5, 5.41) is 28.5. The van der Waals surface area contributed by atoms with Crippen molar-refractivity contribution >= 4 is 12.2 Å². The predicted octanol–water partition coefficient (Wildman–Crippen LogP) is 0.745. The summed E-state index contributed by atoms with van der Waals surface area (Å²) in [6, 6.07) is 2.80. The standard InChI is InChI=1S/C8H8N4O3S/c1-15-6-3-4(2-5(13)7(6)14)12-8(16)9-10-11-12/h2-3,13-14H,1H3,(H,9,11,16). The zero-order valence-electron chi connectivity index (χ0n) is 8.21. The summed E-state index contributed by atoms with van der Waals surface area (Å²) in [5.74, 6) is -0.511. The normalized spacial score (nSPS) is 10.3. The lowest BCUT2D eigenvalue weighted by molar-refractivity contribution is 0.350. The van der Waals surface area contributed by atoms with E-state index in [1.165, 1.54) is 23.9 Å². The molecule has 0 radical (unpaired) electrons. The number of phenols is 2. The van der Waals surface area contributed by atoms with E-state index in [0.29, 0.717) is 5.69 Å². The smallest absolute Gasteiger partial charge is 0.242 e. The quantitative estimate of drug-likeness (QED) is 0.529. The van der Waals surface area contributed by atoms with E-state index in [0.717, 1.165) is 0 Å². The van der Waals surface area contributed by atoms with E-state index in [2.05, 4.69) is 15.5 Å². The SMILES string of the molecule is COc1cc(-n2[nH]nnc2=S)cc(O)c1O. The summed E-state index contributed by atoms with van der Waals surface area (Å²) >= 11 is 4.90. The molecule has 0 saturated heterocycles. The van der Waals surface area contributed by atoms with Crippen LogP contribution in [0.5, 0.6) is 17.2 Å². The Kier molecular flexibility index (Phi) is 2.49. The van der Waals surface area contributed by atoms with Gasteiger partial charge in [0.25, 0.3) is 0 Å². The van der Waals surface area contributed by atoms with Crippen molar-refractivity contribution in [3.8, 4) is 22.9 Å². The Hall–Kier alpha value is -2.09. The Morgan fingerprint density at radius 3 is 2.75 bits per heavy atom. The van der Waals surface area contributed by atoms with E-state index in [9.17, 15) is 10.2 Å². The minimum Gasteiger partial charge on any atom is -0.504 e. The number of methoxy groups -OCH3 is 1. The van der Waals surface area contributed by atoms with Crippen molar-refractivity contribution in [3.63, 3.8) is 0 Å². The van der Waals surface area contributed by atoms with Crippen molar-refractivity contribution in [2.75, 3.05) is 7.11 Å². The van der Waals surface area contributed by atoms with Crippen LogP contribution in [-0.2, 0) is 0 Å². The second-order valence-electron chi connectivity index (χ2n) is 2.93. The molecule has 3 N–H and O–H groups in total. The molecule has 2 aromatic rings. The molecule has 0 fully saturated rings. The lowest BCUT2D eigenvalue weighted by Crippen LogP contribution is -1.97. The van der Waals surface area contributed by atoms with Gasteiger partial charge in [-0.25, -0.2) is 4.68 Å². The molecular formula is C8H8N4O3S. The van der Waals surface area contributed by atoms with Crippen LogP contribution in [0.2, 0.25) is 0 Å². The number of nitrogens with zero attached hydrogens (tertiary/aromatic N) is 3. The van der Waals surface area contributed by atoms with Crippen LogP contribution in [0.4, 0.5) is 0 Å². The first-order chi connectivity index (χ1) is 7.63. The highest BCUT2D eigenvalue weighted by molar-refractivity contribution is 7.71. The van der Waals surface area contributed by atoms with Crippen molar-refractivity contribution in [1.29, 1.82) is 0 Å². The third kappa shape index (κ3) is 1.58. The number of rotatable bonds is 2. The third-order valence-corrected chi connectivity index (χ3v) is 2.25. The molecule has 84 valence electrons. The summed E-state index contributed by atoms with van der Waals surface area (Å²) in [5.41, 5.74) is 0.460. The summed E-state index contributed by atoms with van der Waals surface area (Å²) in [6.45, 7) is 0. The first kappa shape index (κ1) is 10.4.